The van der Waals surface area contributed by atoms with E-state index in [1.54, 1.807) is 12.0 Å². The van der Waals surface area contributed by atoms with Gasteiger partial charge in [-0.25, -0.2) is 4.79 Å². The van der Waals surface area contributed by atoms with E-state index in [0.29, 0.717) is 31.2 Å². The lowest BCUT2D eigenvalue weighted by atomic mass is 10.1. The first-order chi connectivity index (χ1) is 13.3. The van der Waals surface area contributed by atoms with E-state index in [9.17, 15) is 9.59 Å². The Kier molecular flexibility index (Phi) is 7.36. The van der Waals surface area contributed by atoms with Gasteiger partial charge < -0.3 is 20.7 Å². The molecule has 0 aliphatic carbocycles. The normalized spacial score (nSPS) is 10.7. The summed E-state index contributed by atoms with van der Waals surface area (Å²) in [5.74, 6) is 0.0804. The van der Waals surface area contributed by atoms with Crippen molar-refractivity contribution in [2.24, 2.45) is 0 Å². The van der Waals surface area contributed by atoms with E-state index in [4.69, 9.17) is 22.7 Å². The fourth-order valence-electron chi connectivity index (χ4n) is 2.85. The maximum atomic E-state index is 12.6. The minimum absolute atomic E-state index is 0.0804. The number of H-pyrrole nitrogens is 1. The van der Waals surface area contributed by atoms with Crippen LogP contribution in [-0.2, 0) is 11.3 Å². The van der Waals surface area contributed by atoms with Crippen molar-refractivity contribution in [2.75, 3.05) is 36.2 Å². The van der Waals surface area contributed by atoms with Crippen LogP contribution in [0.3, 0.4) is 0 Å². The third-order valence-corrected chi connectivity index (χ3v) is 4.86. The van der Waals surface area contributed by atoms with Crippen molar-refractivity contribution >= 4 is 34.5 Å². The molecule has 1 heterocycles. The van der Waals surface area contributed by atoms with Gasteiger partial charge in [0.2, 0.25) is 0 Å². The zero-order valence-corrected chi connectivity index (χ0v) is 17.5. The lowest BCUT2D eigenvalue weighted by molar-refractivity contribution is 0.208. The van der Waals surface area contributed by atoms with Crippen LogP contribution in [0.15, 0.2) is 27.8 Å². The first-order valence-electron chi connectivity index (χ1n) is 9.08. The molecular weight excluding hydrogens is 378 g/mol. The molecule has 0 bridgehead atoms. The Balaban J connectivity index is 2.50. The predicted molar refractivity (Wildman–Crippen MR) is 117 cm³/mol. The highest BCUT2D eigenvalue weighted by atomic mass is 32.1. The average Bonchev–Trinajstić information content (AvgIpc) is 2.64. The third kappa shape index (κ3) is 4.60. The van der Waals surface area contributed by atoms with Crippen LogP contribution in [0.4, 0.5) is 17.2 Å². The smallest absolute Gasteiger partial charge is 0.330 e. The molecule has 1 aromatic heterocycles. The Morgan fingerprint density at radius 3 is 2.71 bits per heavy atom. The van der Waals surface area contributed by atoms with E-state index >= 15 is 0 Å². The van der Waals surface area contributed by atoms with Crippen LogP contribution in [0, 0.1) is 13.8 Å². The molecule has 2 rings (SSSR count). The number of anilines is 3. The number of nitrogens with zero attached hydrogens (tertiary/aromatic N) is 2. The minimum atomic E-state index is -0.587. The van der Waals surface area contributed by atoms with E-state index in [1.165, 1.54) is 4.57 Å². The number of rotatable bonds is 7. The van der Waals surface area contributed by atoms with Crippen molar-refractivity contribution in [3.8, 4) is 0 Å². The number of ether oxygens (including phenoxy) is 1. The van der Waals surface area contributed by atoms with E-state index in [1.807, 2.05) is 39.0 Å². The number of methoxy groups -OCH3 is 1. The molecule has 0 unspecified atom stereocenters. The second kappa shape index (κ2) is 9.52. The summed E-state index contributed by atoms with van der Waals surface area (Å²) >= 11 is 5.58. The SMILES string of the molecule is CCCn1c(N)c(N(CCOC)C(=S)Nc2cccc(C)c2C)c(=O)[nH]c1=O. The molecule has 0 aliphatic rings. The van der Waals surface area contributed by atoms with E-state index in [2.05, 4.69) is 10.3 Å². The van der Waals surface area contributed by atoms with Crippen molar-refractivity contribution in [3.05, 3.63) is 50.2 Å². The summed E-state index contributed by atoms with van der Waals surface area (Å²) in [5, 5.41) is 3.48. The van der Waals surface area contributed by atoms with Gasteiger partial charge in [0.1, 0.15) is 5.82 Å². The molecule has 0 saturated heterocycles. The van der Waals surface area contributed by atoms with Crippen LogP contribution >= 0.6 is 12.2 Å². The zero-order valence-electron chi connectivity index (χ0n) is 16.7. The largest absolute Gasteiger partial charge is 0.383 e. The van der Waals surface area contributed by atoms with Gasteiger partial charge in [0.25, 0.3) is 5.56 Å². The van der Waals surface area contributed by atoms with Gasteiger partial charge in [-0.1, -0.05) is 19.1 Å². The Morgan fingerprint density at radius 1 is 1.36 bits per heavy atom. The summed E-state index contributed by atoms with van der Waals surface area (Å²) in [5.41, 5.74) is 8.22. The number of nitrogens with one attached hydrogen (secondary N) is 2. The van der Waals surface area contributed by atoms with E-state index < -0.39 is 11.2 Å². The molecule has 0 aliphatic heterocycles. The number of aryl methyl sites for hydroxylation is 1. The molecule has 8 nitrogen and oxygen atoms in total. The number of nitrogens with two attached hydrogens (primary N) is 1. The number of thiocarbonyl (C=S) groups is 1. The van der Waals surface area contributed by atoms with Crippen LogP contribution in [0.5, 0.6) is 0 Å². The molecule has 2 aromatic rings. The van der Waals surface area contributed by atoms with Gasteiger partial charge in [-0.2, -0.15) is 0 Å². The molecule has 0 atom stereocenters. The minimum Gasteiger partial charge on any atom is -0.383 e. The molecule has 0 radical (unpaired) electrons. The Morgan fingerprint density at radius 2 is 2.07 bits per heavy atom. The van der Waals surface area contributed by atoms with Crippen molar-refractivity contribution in [3.63, 3.8) is 0 Å². The van der Waals surface area contributed by atoms with Gasteiger partial charge in [-0.3, -0.25) is 14.3 Å². The quantitative estimate of drug-likeness (QED) is 0.605. The summed E-state index contributed by atoms with van der Waals surface area (Å²) in [6.07, 6.45) is 0.693. The fourth-order valence-corrected chi connectivity index (χ4v) is 3.14. The zero-order chi connectivity index (χ0) is 20.8. The van der Waals surface area contributed by atoms with Crippen LogP contribution in [0.2, 0.25) is 0 Å². The fraction of sp³-hybridized carbons (Fsp3) is 0.421. The average molecular weight is 406 g/mol. The lowest BCUT2D eigenvalue weighted by Crippen LogP contribution is -2.44. The Labute approximate surface area is 169 Å². The molecule has 0 amide bonds. The second-order valence-corrected chi connectivity index (χ2v) is 6.85. The van der Waals surface area contributed by atoms with Gasteiger partial charge in [-0.15, -0.1) is 0 Å². The molecule has 152 valence electrons. The maximum Gasteiger partial charge on any atom is 0.330 e. The lowest BCUT2D eigenvalue weighted by Gasteiger charge is -2.27. The number of nitrogen functional groups attached to an aromatic ring is 1. The Bertz CT molecular complexity index is 967. The first-order valence-corrected chi connectivity index (χ1v) is 9.48. The van der Waals surface area contributed by atoms with Crippen LogP contribution in [-0.4, -0.2) is 34.9 Å². The van der Waals surface area contributed by atoms with Crippen molar-refractivity contribution in [1.29, 1.82) is 0 Å². The number of aromatic nitrogens is 2. The number of aromatic amines is 1. The molecule has 9 heteroatoms. The molecular formula is C19H27N5O3S. The molecule has 28 heavy (non-hydrogen) atoms. The topological polar surface area (TPSA) is 105 Å². The van der Waals surface area contributed by atoms with Crippen LogP contribution < -0.4 is 27.2 Å². The van der Waals surface area contributed by atoms with Gasteiger partial charge in [0.15, 0.2) is 10.8 Å². The summed E-state index contributed by atoms with van der Waals surface area (Å²) in [6, 6.07) is 5.85. The molecule has 0 saturated carbocycles. The number of hydrogen-bond acceptors (Lipinski definition) is 5. The highest BCUT2D eigenvalue weighted by molar-refractivity contribution is 7.80. The van der Waals surface area contributed by atoms with Gasteiger partial charge >= 0.3 is 5.69 Å². The standard InChI is InChI=1S/C19H27N5O3S/c1-5-9-24-16(20)15(17(25)22-18(24)26)23(10-11-27-4)19(28)21-14-8-6-7-12(2)13(14)3/h6-8H,5,9-11,20H2,1-4H3,(H,21,28)(H,22,25,26). The second-order valence-electron chi connectivity index (χ2n) is 6.47. The monoisotopic (exact) mass is 405 g/mol. The highest BCUT2D eigenvalue weighted by Gasteiger charge is 2.22. The maximum absolute atomic E-state index is 12.6. The van der Waals surface area contributed by atoms with Gasteiger partial charge in [0, 0.05) is 25.9 Å². The van der Waals surface area contributed by atoms with Crippen molar-refractivity contribution in [1.82, 2.24) is 9.55 Å². The van der Waals surface area contributed by atoms with E-state index in [-0.39, 0.29) is 11.5 Å². The molecule has 0 spiro atoms. The van der Waals surface area contributed by atoms with Crippen molar-refractivity contribution < 1.29 is 4.74 Å². The van der Waals surface area contributed by atoms with Crippen LogP contribution in [0.25, 0.3) is 0 Å². The number of hydrogen-bond donors (Lipinski definition) is 3. The highest BCUT2D eigenvalue weighted by Crippen LogP contribution is 2.21. The summed E-state index contributed by atoms with van der Waals surface area (Å²) in [7, 11) is 1.56. The molecule has 0 fully saturated rings. The summed E-state index contributed by atoms with van der Waals surface area (Å²) in [4.78, 5) is 28.6. The number of benzene rings is 1. The Hall–Kier alpha value is -2.65. The summed E-state index contributed by atoms with van der Waals surface area (Å²) < 4.78 is 6.51. The molecule has 1 aromatic carbocycles. The van der Waals surface area contributed by atoms with Crippen LogP contribution in [0.1, 0.15) is 24.5 Å². The third-order valence-electron chi connectivity index (χ3n) is 4.54. The van der Waals surface area contributed by atoms with Crippen molar-refractivity contribution in [2.45, 2.75) is 33.7 Å². The predicted octanol–water partition coefficient (Wildman–Crippen LogP) is 2.00. The van der Waals surface area contributed by atoms with Gasteiger partial charge in [0.05, 0.1) is 6.61 Å². The van der Waals surface area contributed by atoms with Gasteiger partial charge in [-0.05, 0) is 49.7 Å². The first kappa shape index (κ1) is 21.6. The summed E-state index contributed by atoms with van der Waals surface area (Å²) in [6.45, 7) is 6.93. The molecule has 4 N–H and O–H groups in total. The van der Waals surface area contributed by atoms with E-state index in [0.717, 1.165) is 16.8 Å².